The third-order valence-electron chi connectivity index (χ3n) is 13.1. The van der Waals surface area contributed by atoms with E-state index < -0.39 is 17.9 Å². The molecular weight excluding hydrogens is 781 g/mol. The molecule has 5 aromatic rings. The van der Waals surface area contributed by atoms with Gasteiger partial charge < -0.3 is 30.1 Å². The van der Waals surface area contributed by atoms with Gasteiger partial charge in [-0.2, -0.15) is 0 Å². The number of nitrogen functional groups attached to an aromatic ring is 1. The molecule has 6 heterocycles. The van der Waals surface area contributed by atoms with Gasteiger partial charge in [0, 0.05) is 117 Å². The number of phenols is 1. The van der Waals surface area contributed by atoms with Crippen molar-refractivity contribution in [1.29, 1.82) is 0 Å². The highest BCUT2D eigenvalue weighted by molar-refractivity contribution is 6.06. The number of para-hydroxylation sites is 1. The number of fused-ring (bicyclic) bond motifs is 1. The summed E-state index contributed by atoms with van der Waals surface area (Å²) in [4.78, 5) is 45.2. The molecule has 61 heavy (non-hydrogen) atoms. The Balaban J connectivity index is 0.776. The number of alkyl halides is 2. The molecule has 4 aliphatic rings. The van der Waals surface area contributed by atoms with E-state index >= 15 is 8.78 Å². The largest absolute Gasteiger partial charge is 0.507 e. The molecule has 4 amide bonds. The van der Waals surface area contributed by atoms with Crippen LogP contribution in [0.5, 0.6) is 5.75 Å². The minimum absolute atomic E-state index is 0.0619. The van der Waals surface area contributed by atoms with E-state index in [-0.39, 0.29) is 61.1 Å². The number of piperidine rings is 3. The van der Waals surface area contributed by atoms with Crippen LogP contribution in [0.2, 0.25) is 0 Å². The predicted octanol–water partition coefficient (Wildman–Crippen LogP) is 6.75. The molecule has 3 aromatic carbocycles. The molecule has 13 nitrogen and oxygen atoms in total. The van der Waals surface area contributed by atoms with Crippen molar-refractivity contribution in [3.8, 4) is 17.0 Å². The van der Waals surface area contributed by atoms with E-state index in [1.165, 1.54) is 0 Å². The number of phenolic OH excluding ortho intramolecular Hbond substituents is 1. The van der Waals surface area contributed by atoms with E-state index in [0.29, 0.717) is 61.7 Å². The number of aryl methyl sites for hydroxylation is 1. The molecule has 0 saturated carbocycles. The van der Waals surface area contributed by atoms with Crippen LogP contribution in [0.15, 0.2) is 79.0 Å². The quantitative estimate of drug-likeness (QED) is 0.154. The lowest BCUT2D eigenvalue weighted by molar-refractivity contribution is -0.120. The van der Waals surface area contributed by atoms with E-state index in [1.54, 1.807) is 52.3 Å². The molecule has 2 aromatic heterocycles. The number of anilines is 3. The average molecular weight is 832 g/mol. The van der Waals surface area contributed by atoms with Crippen LogP contribution in [-0.4, -0.2) is 112 Å². The lowest BCUT2D eigenvalue weighted by Crippen LogP contribution is -2.51. The molecule has 4 saturated heterocycles. The molecule has 318 valence electrons. The number of carbonyl (C=O) groups excluding carboxylic acids is 3. The summed E-state index contributed by atoms with van der Waals surface area (Å²) in [6.45, 7) is 5.63. The monoisotopic (exact) mass is 831 g/mol. The van der Waals surface area contributed by atoms with Gasteiger partial charge in [-0.3, -0.25) is 19.8 Å². The number of aromatic hydroxyl groups is 1. The van der Waals surface area contributed by atoms with E-state index in [4.69, 9.17) is 5.73 Å². The normalized spacial score (nSPS) is 21.5. The minimum Gasteiger partial charge on any atom is -0.507 e. The maximum absolute atomic E-state index is 16.4. The molecule has 4 fully saturated rings. The van der Waals surface area contributed by atoms with Gasteiger partial charge in [-0.25, -0.2) is 13.6 Å². The van der Waals surface area contributed by atoms with Crippen molar-refractivity contribution >= 4 is 45.9 Å². The van der Waals surface area contributed by atoms with Crippen molar-refractivity contribution in [2.45, 2.75) is 69.2 Å². The summed E-state index contributed by atoms with van der Waals surface area (Å²) in [6.07, 6.45) is 3.98. The van der Waals surface area contributed by atoms with Crippen LogP contribution < -0.4 is 20.9 Å². The van der Waals surface area contributed by atoms with Gasteiger partial charge in [0.1, 0.15) is 17.6 Å². The Morgan fingerprint density at radius 3 is 2.44 bits per heavy atom. The number of amides is 4. The van der Waals surface area contributed by atoms with Gasteiger partial charge in [0.25, 0.3) is 5.91 Å². The number of imide groups is 1. The number of nitrogens with one attached hydrogen (secondary N) is 1. The fourth-order valence-corrected chi connectivity index (χ4v) is 9.74. The predicted molar refractivity (Wildman–Crippen MR) is 230 cm³/mol. The number of benzene rings is 3. The number of hydrogen-bond acceptors (Lipinski definition) is 9. The molecule has 2 unspecified atom stereocenters. The summed E-state index contributed by atoms with van der Waals surface area (Å²) in [5, 5.41) is 22.1. The SMILES string of the molecule is Cc1cn(C2CCN(CC3(F)CCN(C(=O)c4ccc(C5CC(F)CN(c6cc(-c7ccccc7O)nnc6N)C5)cc4)CC3)CC2)c2ccc(N3CCC(=O)NC3=O)cc12. The van der Waals surface area contributed by atoms with Gasteiger partial charge >= 0.3 is 6.03 Å². The number of carbonyl (C=O) groups is 3. The number of nitrogens with zero attached hydrogens (tertiary/aromatic N) is 7. The fourth-order valence-electron chi connectivity index (χ4n) is 9.74. The van der Waals surface area contributed by atoms with Crippen LogP contribution in [-0.2, 0) is 4.79 Å². The molecule has 0 bridgehead atoms. The Morgan fingerprint density at radius 1 is 0.951 bits per heavy atom. The lowest BCUT2D eigenvalue weighted by atomic mass is 9.88. The van der Waals surface area contributed by atoms with Crippen molar-refractivity contribution in [1.82, 2.24) is 29.9 Å². The first-order valence-corrected chi connectivity index (χ1v) is 21.2. The summed E-state index contributed by atoms with van der Waals surface area (Å²) in [6, 6.07) is 21.8. The van der Waals surface area contributed by atoms with Crippen molar-refractivity contribution < 1.29 is 28.3 Å². The highest BCUT2D eigenvalue weighted by Crippen LogP contribution is 2.38. The van der Waals surface area contributed by atoms with Gasteiger partial charge in [-0.15, -0.1) is 10.2 Å². The molecule has 0 radical (unpaired) electrons. The third-order valence-corrected chi connectivity index (χ3v) is 13.1. The Labute approximate surface area is 353 Å². The second kappa shape index (κ2) is 16.4. The molecule has 4 aliphatic heterocycles. The second-order valence-electron chi connectivity index (χ2n) is 17.2. The topological polar surface area (TPSA) is 153 Å². The fraction of sp³-hybridized carbons (Fsp3) is 0.413. The Hall–Kier alpha value is -6.09. The zero-order chi connectivity index (χ0) is 42.4. The van der Waals surface area contributed by atoms with E-state index in [9.17, 15) is 19.5 Å². The average Bonchev–Trinajstić information content (AvgIpc) is 3.59. The molecule has 15 heteroatoms. The highest BCUT2D eigenvalue weighted by Gasteiger charge is 2.39. The van der Waals surface area contributed by atoms with Crippen LogP contribution in [0, 0.1) is 6.92 Å². The lowest BCUT2D eigenvalue weighted by Gasteiger charge is -2.41. The number of hydrogen-bond donors (Lipinski definition) is 3. The second-order valence-corrected chi connectivity index (χ2v) is 17.2. The number of nitrogens with two attached hydrogens (primary N) is 1. The number of halogens is 2. The maximum Gasteiger partial charge on any atom is 0.328 e. The molecule has 4 N–H and O–H groups in total. The van der Waals surface area contributed by atoms with Gasteiger partial charge in [-0.05, 0) is 85.8 Å². The molecule has 9 rings (SSSR count). The van der Waals surface area contributed by atoms with Crippen molar-refractivity contribution in [2.75, 3.05) is 67.9 Å². The smallest absolute Gasteiger partial charge is 0.328 e. The first-order chi connectivity index (χ1) is 29.4. The van der Waals surface area contributed by atoms with Crippen molar-refractivity contribution in [3.05, 3.63) is 95.7 Å². The molecular formula is C46H51F2N9O4. The maximum atomic E-state index is 16.4. The van der Waals surface area contributed by atoms with E-state index in [1.807, 2.05) is 35.2 Å². The zero-order valence-electron chi connectivity index (χ0n) is 34.3. The summed E-state index contributed by atoms with van der Waals surface area (Å²) in [7, 11) is 0. The van der Waals surface area contributed by atoms with E-state index in [0.717, 1.165) is 53.6 Å². The summed E-state index contributed by atoms with van der Waals surface area (Å²) in [5.74, 6) is -0.310. The van der Waals surface area contributed by atoms with Crippen LogP contribution in [0.1, 0.15) is 72.0 Å². The molecule has 0 aliphatic carbocycles. The van der Waals surface area contributed by atoms with Crippen LogP contribution in [0.4, 0.5) is 30.8 Å². The Morgan fingerprint density at radius 2 is 1.70 bits per heavy atom. The highest BCUT2D eigenvalue weighted by atomic mass is 19.1. The number of rotatable bonds is 8. The van der Waals surface area contributed by atoms with Gasteiger partial charge in [0.05, 0.1) is 11.4 Å². The standard InChI is InChI=1S/C46H51F2N9O4/c1-29-25-57(39-11-10-35(23-37(29)39)56-19-14-42(59)50-45(56)61)34-12-17-53(18-13-34)28-46(48)15-20-54(21-16-46)44(60)31-8-6-30(7-9-31)32-22-33(47)27-55(26-32)40-24-38(51-52-43(40)49)36-4-2-3-5-41(36)58/h2-11,23-25,32-34,58H,12-22,26-28H2,1H3,(H2,49,52)(H,50,59,61). The van der Waals surface area contributed by atoms with Gasteiger partial charge in [-0.1, -0.05) is 24.3 Å². The first-order valence-electron chi connectivity index (χ1n) is 21.2. The zero-order valence-corrected chi connectivity index (χ0v) is 34.3. The van der Waals surface area contributed by atoms with Crippen LogP contribution in [0.25, 0.3) is 22.2 Å². The Kier molecular flexibility index (Phi) is 10.8. The molecule has 0 spiro atoms. The minimum atomic E-state index is -1.38. The summed E-state index contributed by atoms with van der Waals surface area (Å²) < 4.78 is 34.0. The summed E-state index contributed by atoms with van der Waals surface area (Å²) in [5.41, 5.74) is 10.8. The summed E-state index contributed by atoms with van der Waals surface area (Å²) >= 11 is 0. The number of urea groups is 1. The third kappa shape index (κ3) is 8.22. The Bertz CT molecular complexity index is 2460. The van der Waals surface area contributed by atoms with Gasteiger partial charge in [0.2, 0.25) is 5.91 Å². The number of aromatic nitrogens is 3. The van der Waals surface area contributed by atoms with Crippen molar-refractivity contribution in [3.63, 3.8) is 0 Å². The van der Waals surface area contributed by atoms with Crippen molar-refractivity contribution in [2.24, 2.45) is 0 Å². The van der Waals surface area contributed by atoms with Gasteiger partial charge in [0.15, 0.2) is 5.82 Å². The van der Waals surface area contributed by atoms with Crippen LogP contribution >= 0.6 is 0 Å². The molecule has 2 atom stereocenters. The number of likely N-dealkylation sites (tertiary alicyclic amines) is 2. The first kappa shape index (κ1) is 40.3. The van der Waals surface area contributed by atoms with Crippen LogP contribution in [0.3, 0.4) is 0 Å². The van der Waals surface area contributed by atoms with E-state index in [2.05, 4.69) is 38.1 Å².